The van der Waals surface area contributed by atoms with Crippen molar-refractivity contribution in [3.05, 3.63) is 66.5 Å². The smallest absolute Gasteiger partial charge is 0.238 e. The zero-order valence-electron chi connectivity index (χ0n) is 12.3. The number of halogens is 1. The molecule has 0 saturated heterocycles. The highest BCUT2D eigenvalue weighted by Gasteiger charge is 2.15. The van der Waals surface area contributed by atoms with E-state index in [-0.39, 0.29) is 5.69 Å². The molecule has 0 fully saturated rings. The van der Waals surface area contributed by atoms with Gasteiger partial charge >= 0.3 is 0 Å². The predicted molar refractivity (Wildman–Crippen MR) is 84.6 cm³/mol. The Bertz CT molecular complexity index is 1010. The molecule has 0 N–H and O–H groups in total. The van der Waals surface area contributed by atoms with Crippen molar-refractivity contribution in [3.8, 4) is 16.9 Å². The Morgan fingerprint density at radius 1 is 1.00 bits per heavy atom. The number of nitrogens with zero attached hydrogens (tertiary/aromatic N) is 5. The number of hydrogen-bond donors (Lipinski definition) is 0. The summed E-state index contributed by atoms with van der Waals surface area (Å²) < 4.78 is 15.3. The lowest BCUT2D eigenvalue weighted by atomic mass is 10.1. The van der Waals surface area contributed by atoms with Gasteiger partial charge in [0.1, 0.15) is 11.4 Å². The van der Waals surface area contributed by atoms with Gasteiger partial charge in [0.25, 0.3) is 0 Å². The molecule has 0 atom stereocenters. The Kier molecular flexibility index (Phi) is 3.08. The van der Waals surface area contributed by atoms with E-state index in [0.717, 1.165) is 22.2 Å². The summed E-state index contributed by atoms with van der Waals surface area (Å²) in [4.78, 5) is 8.01. The highest BCUT2D eigenvalue weighted by Crippen LogP contribution is 2.25. The number of benzene rings is 1. The third kappa shape index (κ3) is 2.24. The number of fused-ring (bicyclic) bond motifs is 1. The van der Waals surface area contributed by atoms with Gasteiger partial charge in [0.2, 0.25) is 5.95 Å². The highest BCUT2D eigenvalue weighted by atomic mass is 19.1. The molecule has 0 saturated carbocycles. The molecule has 0 unspecified atom stereocenters. The lowest BCUT2D eigenvalue weighted by molar-refractivity contribution is 0.564. The second-order valence-electron chi connectivity index (χ2n) is 5.16. The lowest BCUT2D eigenvalue weighted by Gasteiger charge is -2.05. The first-order chi connectivity index (χ1) is 11.2. The summed E-state index contributed by atoms with van der Waals surface area (Å²) in [5.74, 6) is -0.577. The van der Waals surface area contributed by atoms with Gasteiger partial charge < -0.3 is 0 Å². The van der Waals surface area contributed by atoms with E-state index >= 15 is 0 Å². The van der Waals surface area contributed by atoms with E-state index in [1.165, 1.54) is 10.9 Å². The van der Waals surface area contributed by atoms with Gasteiger partial charge in [-0.15, -0.1) is 5.10 Å². The van der Waals surface area contributed by atoms with Crippen LogP contribution >= 0.6 is 0 Å². The summed E-state index contributed by atoms with van der Waals surface area (Å²) >= 11 is 0. The minimum atomic E-state index is -0.577. The first kappa shape index (κ1) is 13.5. The maximum atomic E-state index is 13.9. The lowest BCUT2D eigenvalue weighted by Crippen LogP contribution is -2.03. The molecular weight excluding hydrogens is 293 g/mol. The van der Waals surface area contributed by atoms with Crippen molar-refractivity contribution < 1.29 is 4.39 Å². The summed E-state index contributed by atoms with van der Waals surface area (Å²) in [6.45, 7) is 1.85. The molecule has 112 valence electrons. The van der Waals surface area contributed by atoms with E-state index < -0.39 is 5.95 Å². The van der Waals surface area contributed by atoms with Crippen LogP contribution in [0.3, 0.4) is 0 Å². The monoisotopic (exact) mass is 305 g/mol. The number of rotatable bonds is 2. The van der Waals surface area contributed by atoms with E-state index in [4.69, 9.17) is 0 Å². The Hall–Kier alpha value is -3.15. The van der Waals surface area contributed by atoms with Gasteiger partial charge in [0.15, 0.2) is 0 Å². The van der Waals surface area contributed by atoms with Crippen LogP contribution in [0.5, 0.6) is 0 Å². The van der Waals surface area contributed by atoms with Crippen molar-refractivity contribution in [1.29, 1.82) is 0 Å². The maximum absolute atomic E-state index is 13.9. The molecule has 0 aliphatic rings. The van der Waals surface area contributed by atoms with Crippen molar-refractivity contribution in [3.63, 3.8) is 0 Å². The second-order valence-corrected chi connectivity index (χ2v) is 5.16. The summed E-state index contributed by atoms with van der Waals surface area (Å²) in [7, 11) is 0. The molecule has 4 aromatic rings. The van der Waals surface area contributed by atoms with E-state index in [1.807, 2.05) is 37.3 Å². The van der Waals surface area contributed by atoms with Gasteiger partial charge in [-0.3, -0.25) is 4.98 Å². The molecule has 0 aliphatic heterocycles. The van der Waals surface area contributed by atoms with Gasteiger partial charge in [0, 0.05) is 23.3 Å². The van der Waals surface area contributed by atoms with Gasteiger partial charge in [-0.05, 0) is 31.2 Å². The number of pyridine rings is 2. The van der Waals surface area contributed by atoms with Gasteiger partial charge in [-0.25, -0.2) is 9.67 Å². The normalized spacial score (nSPS) is 11.0. The fourth-order valence-corrected chi connectivity index (χ4v) is 2.57. The average molecular weight is 305 g/mol. The van der Waals surface area contributed by atoms with Crippen molar-refractivity contribution in [2.75, 3.05) is 0 Å². The molecule has 3 heterocycles. The van der Waals surface area contributed by atoms with Crippen molar-refractivity contribution >= 4 is 10.9 Å². The molecule has 1 aromatic carbocycles. The summed E-state index contributed by atoms with van der Waals surface area (Å²) in [6, 6.07) is 13.1. The Labute approximate surface area is 131 Å². The predicted octanol–water partition coefficient (Wildman–Crippen LogP) is 3.33. The minimum absolute atomic E-state index is 0.280. The first-order valence-electron chi connectivity index (χ1n) is 7.12. The van der Waals surface area contributed by atoms with Crippen molar-refractivity contribution in [2.24, 2.45) is 0 Å². The maximum Gasteiger partial charge on any atom is 0.238 e. The summed E-state index contributed by atoms with van der Waals surface area (Å²) in [5, 5.41) is 9.33. The van der Waals surface area contributed by atoms with E-state index in [2.05, 4.69) is 20.3 Å². The van der Waals surface area contributed by atoms with E-state index in [0.29, 0.717) is 5.69 Å². The van der Waals surface area contributed by atoms with Crippen LogP contribution in [0.15, 0.2) is 54.9 Å². The quantitative estimate of drug-likeness (QED) is 0.533. The van der Waals surface area contributed by atoms with Crippen LogP contribution in [0.1, 0.15) is 5.69 Å². The minimum Gasteiger partial charge on any atom is -0.256 e. The third-order valence-corrected chi connectivity index (χ3v) is 3.74. The summed E-state index contributed by atoms with van der Waals surface area (Å²) in [6.07, 6.45) is 3.15. The van der Waals surface area contributed by atoms with Gasteiger partial charge in [-0.1, -0.05) is 23.4 Å². The number of hydrogen-bond acceptors (Lipinski definition) is 4. The van der Waals surface area contributed by atoms with E-state index in [9.17, 15) is 4.39 Å². The summed E-state index contributed by atoms with van der Waals surface area (Å²) in [5.41, 5.74) is 3.49. The molecule has 0 aliphatic carbocycles. The van der Waals surface area contributed by atoms with Crippen LogP contribution < -0.4 is 0 Å². The molecular formula is C17H12FN5. The molecule has 5 nitrogen and oxygen atoms in total. The van der Waals surface area contributed by atoms with Crippen LogP contribution in [0.25, 0.3) is 27.8 Å². The molecule has 6 heteroatoms. The van der Waals surface area contributed by atoms with Crippen LogP contribution in [-0.4, -0.2) is 25.0 Å². The van der Waals surface area contributed by atoms with Crippen molar-refractivity contribution in [2.45, 2.75) is 6.92 Å². The molecule has 0 amide bonds. The van der Waals surface area contributed by atoms with Crippen LogP contribution in [-0.2, 0) is 0 Å². The fraction of sp³-hybridized carbons (Fsp3) is 0.0588. The SMILES string of the molecule is Cc1c(-c2ccc3cccnc3c2)nnn1-c1cccnc1F. The molecule has 0 bridgehead atoms. The third-order valence-electron chi connectivity index (χ3n) is 3.74. The molecule has 4 rings (SSSR count). The Morgan fingerprint density at radius 3 is 2.70 bits per heavy atom. The zero-order valence-corrected chi connectivity index (χ0v) is 12.3. The molecule has 0 spiro atoms. The topological polar surface area (TPSA) is 56.5 Å². The second kappa shape index (κ2) is 5.24. The largest absolute Gasteiger partial charge is 0.256 e. The molecule has 3 aromatic heterocycles. The van der Waals surface area contributed by atoms with Crippen molar-refractivity contribution in [1.82, 2.24) is 25.0 Å². The number of aromatic nitrogens is 5. The first-order valence-corrected chi connectivity index (χ1v) is 7.12. The Morgan fingerprint density at radius 2 is 1.83 bits per heavy atom. The van der Waals surface area contributed by atoms with Gasteiger partial charge in [-0.2, -0.15) is 4.39 Å². The molecule has 0 radical (unpaired) electrons. The van der Waals surface area contributed by atoms with Crippen LogP contribution in [0.4, 0.5) is 4.39 Å². The van der Waals surface area contributed by atoms with Crippen LogP contribution in [0.2, 0.25) is 0 Å². The standard InChI is InChI=1S/C17H12FN5/c1-11-16(13-7-6-12-4-2-8-19-14(12)10-13)21-22-23(11)15-5-3-9-20-17(15)18/h2-10H,1H3. The van der Waals surface area contributed by atoms with E-state index in [1.54, 1.807) is 18.3 Å². The average Bonchev–Trinajstić information content (AvgIpc) is 2.96. The fourth-order valence-electron chi connectivity index (χ4n) is 2.57. The molecule has 23 heavy (non-hydrogen) atoms. The van der Waals surface area contributed by atoms with Gasteiger partial charge in [0.05, 0.1) is 11.2 Å². The Balaban J connectivity index is 1.85. The highest BCUT2D eigenvalue weighted by molar-refractivity contribution is 5.83. The van der Waals surface area contributed by atoms with Crippen LogP contribution in [0, 0.1) is 12.9 Å². The zero-order chi connectivity index (χ0) is 15.8.